The number of hydrogen-bond donors (Lipinski definition) is 19. The van der Waals surface area contributed by atoms with Crippen molar-refractivity contribution in [2.45, 2.75) is 318 Å². The van der Waals surface area contributed by atoms with Crippen LogP contribution >= 0.6 is 11.6 Å². The van der Waals surface area contributed by atoms with Crippen LogP contribution in [-0.2, 0) is 76.3 Å². The maximum Gasteiger partial charge on any atom is 0.410 e. The van der Waals surface area contributed by atoms with Gasteiger partial charge >= 0.3 is 18.3 Å². The second-order valence-electron chi connectivity index (χ2n) is 42.1. The van der Waals surface area contributed by atoms with Crippen LogP contribution in [0.15, 0.2) is 84.9 Å². The predicted molar refractivity (Wildman–Crippen MR) is 497 cm³/mol. The number of phenols is 3. The highest BCUT2D eigenvalue weighted by Crippen LogP contribution is 2.55. The Morgan fingerprint density at radius 2 is 1.15 bits per heavy atom. The summed E-state index contributed by atoms with van der Waals surface area (Å²) in [5.74, 6) is -14.5. The lowest BCUT2D eigenvalue weighted by molar-refractivity contribution is -0.334. The minimum atomic E-state index is -2.44. The molecule has 7 fully saturated rings. The molecular weight excluding hydrogens is 1860 g/mol. The number of alkyl carbamates (subject to hydrolysis) is 2. The number of halogens is 1. The van der Waals surface area contributed by atoms with Crippen LogP contribution < -0.4 is 67.8 Å². The molecule has 3 saturated heterocycles. The lowest BCUT2D eigenvalue weighted by Gasteiger charge is -2.54. The van der Waals surface area contributed by atoms with E-state index in [9.17, 15) is 65.1 Å². The number of fused-ring (bicyclic) bond motifs is 15. The van der Waals surface area contributed by atoms with Crippen molar-refractivity contribution in [3.8, 4) is 57.1 Å². The maximum absolute atomic E-state index is 17.0. The van der Waals surface area contributed by atoms with Crippen molar-refractivity contribution in [3.63, 3.8) is 0 Å². The number of carbonyl (C=O) groups excluding carboxylic acids is 11. The van der Waals surface area contributed by atoms with E-state index in [0.29, 0.717) is 11.8 Å². The maximum atomic E-state index is 17.0. The molecule has 141 heavy (non-hydrogen) atoms. The van der Waals surface area contributed by atoms with E-state index in [1.807, 2.05) is 0 Å². The molecule has 11 amide bonds. The van der Waals surface area contributed by atoms with Crippen molar-refractivity contribution in [3.05, 3.63) is 118 Å². The molecule has 4 saturated carbocycles. The van der Waals surface area contributed by atoms with Gasteiger partial charge in [-0.25, -0.2) is 14.4 Å². The monoisotopic (exact) mass is 1990 g/mol. The van der Waals surface area contributed by atoms with Crippen LogP contribution in [0.1, 0.15) is 220 Å². The summed E-state index contributed by atoms with van der Waals surface area (Å²) >= 11 is 7.32. The van der Waals surface area contributed by atoms with Gasteiger partial charge in [0.1, 0.15) is 131 Å². The molecule has 0 radical (unpaired) electrons. The molecule has 0 spiro atoms. The van der Waals surface area contributed by atoms with Crippen LogP contribution in [0, 0.1) is 29.6 Å². The number of aliphatic hydroxyl groups excluding tert-OH is 6. The fraction of sp³-hybridized carbons (Fsp3) is 0.582. The third kappa shape index (κ3) is 23.8. The minimum absolute atomic E-state index is 0.000842. The number of aromatic hydroxyl groups is 3. The number of carbonyl (C=O) groups is 11. The molecule has 5 aromatic rings. The van der Waals surface area contributed by atoms with Gasteiger partial charge in [-0.3, -0.25) is 43.3 Å². The van der Waals surface area contributed by atoms with Gasteiger partial charge in [-0.15, -0.1) is 0 Å². The molecular formula is C98H128ClN11O31. The van der Waals surface area contributed by atoms with Gasteiger partial charge in [0.15, 0.2) is 30.2 Å². The smallest absolute Gasteiger partial charge is 0.410 e. The average Bonchev–Trinajstić information content (AvgIpc) is 0.762. The van der Waals surface area contributed by atoms with E-state index in [2.05, 4.69) is 47.9 Å². The summed E-state index contributed by atoms with van der Waals surface area (Å²) in [4.78, 5) is 169. The normalized spacial score (nSPS) is 31.8. The van der Waals surface area contributed by atoms with Crippen LogP contribution in [0.5, 0.6) is 46.0 Å². The molecule has 8 heterocycles. The van der Waals surface area contributed by atoms with Gasteiger partial charge in [0.2, 0.25) is 59.3 Å². The van der Waals surface area contributed by atoms with Crippen molar-refractivity contribution in [1.29, 1.82) is 0 Å². The van der Waals surface area contributed by atoms with Gasteiger partial charge in [-0.1, -0.05) is 49.7 Å². The van der Waals surface area contributed by atoms with E-state index in [1.54, 1.807) is 76.2 Å². The van der Waals surface area contributed by atoms with E-state index in [0.717, 1.165) is 85.5 Å². The predicted octanol–water partition coefficient (Wildman–Crippen LogP) is 6.33. The van der Waals surface area contributed by atoms with E-state index < -0.39 is 309 Å². The molecule has 43 heteroatoms. The summed E-state index contributed by atoms with van der Waals surface area (Å²) in [7, 11) is 1.27. The molecule has 22 atom stereocenters. The Labute approximate surface area is 818 Å². The highest BCUT2D eigenvalue weighted by molar-refractivity contribution is 6.32. The summed E-state index contributed by atoms with van der Waals surface area (Å²) in [5, 5.41) is 133. The minimum Gasteiger partial charge on any atom is -0.508 e. The van der Waals surface area contributed by atoms with Crippen molar-refractivity contribution >= 4 is 77.1 Å². The Bertz CT molecular complexity index is 5550. The Morgan fingerprint density at radius 3 is 1.72 bits per heavy atom. The molecule has 20 N–H and O–H groups in total. The van der Waals surface area contributed by atoms with E-state index in [-0.39, 0.29) is 52.2 Å². The quantitative estimate of drug-likeness (QED) is 0.0426. The number of nitrogens with one attached hydrogen (secondary N) is 9. The molecule has 768 valence electrons. The van der Waals surface area contributed by atoms with Crippen LogP contribution in [0.3, 0.4) is 0 Å². The zero-order chi connectivity index (χ0) is 103. The molecule has 4 aliphatic carbocycles. The lowest BCUT2D eigenvalue weighted by atomic mass is 9.54. The van der Waals surface area contributed by atoms with Gasteiger partial charge in [-0.05, 0) is 241 Å². The SMILES string of the molecule is CC(C)C[C@H](C(=O)N[C@H]1C(=O)N[C@@H](CC(N)=O)C(=O)N[C@H]2C(=O)N[C@H]3C(=O)N[C@H](C(=O)N[C@H](C(=O)NC4C5CC6CC(C5)CC4C6)c4cc(O)cc(O)c4-c4cc3ccc4O)[C@H](OC3CC(C)(NC(=O)OC(C)(C)C)C(O)C(C)O3)c3ccc(cc3)Oc3cc2cc(c3OC2OC(CO)C(O)C(O)C2OC2CC(C)(NC(=O)OC(C)(C)C)C(O)C(C)O2)Oc2ccc(cc2Cl)[C@H]1O)N(C)C(=O)OC(C)(C)C. The fourth-order valence-electron chi connectivity index (χ4n) is 20.4. The first-order chi connectivity index (χ1) is 66.0. The highest BCUT2D eigenvalue weighted by atomic mass is 35.5. The number of primary amides is 1. The Balaban J connectivity index is 0.990. The third-order valence-corrected chi connectivity index (χ3v) is 27.2. The van der Waals surface area contributed by atoms with Gasteiger partial charge in [0, 0.05) is 43.1 Å². The Kier molecular flexibility index (Phi) is 30.8. The Morgan fingerprint density at radius 1 is 0.596 bits per heavy atom. The number of likely N-dealkylation sites (N-methyl/N-ethyl adjacent to an activating group) is 1. The number of amides is 11. The van der Waals surface area contributed by atoms with Gasteiger partial charge < -0.3 is 152 Å². The van der Waals surface area contributed by atoms with Crippen molar-refractivity contribution in [1.82, 2.24) is 52.8 Å². The van der Waals surface area contributed by atoms with E-state index >= 15 is 33.6 Å². The van der Waals surface area contributed by atoms with Crippen molar-refractivity contribution in [2.24, 2.45) is 35.3 Å². The fourth-order valence-corrected chi connectivity index (χ4v) is 20.6. The highest BCUT2D eigenvalue weighted by Gasteiger charge is 2.56. The van der Waals surface area contributed by atoms with Crippen molar-refractivity contribution < 1.29 is 151 Å². The van der Waals surface area contributed by atoms with Crippen LogP contribution in [-0.4, -0.2) is 256 Å². The number of benzene rings is 5. The van der Waals surface area contributed by atoms with Crippen LogP contribution in [0.4, 0.5) is 14.4 Å². The number of nitrogens with two attached hydrogens (primary N) is 1. The number of nitrogens with zero attached hydrogens (tertiary/aromatic N) is 1. The van der Waals surface area contributed by atoms with Gasteiger partial charge in [0.05, 0.1) is 41.3 Å². The standard InChI is InChI=1S/C98H128ClN11O31/c1-41(2)25-58(110(16)93(130)141-96(11,12)13)84(122)106-73-75(116)48-20-24-61(56(99)32-48)134-63-34-51-33-62(79(63)138-90-80(77(118)76(117)64(40-111)135-90)137-67-39-98(15,82(120)43(4)132-67)109-92(129)140-95(8,9)10)133-53-21-17-46(18-22-53)78(136-66-38-97(14,81(119)42(3)131-66)108-91(128)139-94(5,6)7)74-89(127)105-72(87(125)102-69-49-27-44-26-45(29-49)30-50(69)28-44)55-35-52(112)36-60(114)68(55)54-31-47(19-23-59(54)113)70(85(123)107-74)104-86(124)71(51)103-83(121)57(37-65(100)115)101-88(73)126/h17-24,31-36,41-45,49-50,57-58,64,66-67,69-78,80-82,90,111-114,116-120H,25-30,37-40H2,1-16H3,(H2,100,115)(H,101,126)(H,102,125)(H,103,121)(H,104,124)(H,105,127)(H,106,122)(H,107,123)(H,108,128)(H,109,129)/t42?,43?,44?,45?,49?,50?,57-,58+,64?,66?,67?,69?,70+,71+,72-,73+,74-,75+,76?,77?,78+,80?,81?,82?,90?,97?,98?/m0/s1. The second kappa shape index (κ2) is 41.3. The summed E-state index contributed by atoms with van der Waals surface area (Å²) < 4.78 is 70.4. The zero-order valence-corrected chi connectivity index (χ0v) is 81.8. The van der Waals surface area contributed by atoms with Gasteiger partial charge in [0.25, 0.3) is 0 Å². The summed E-state index contributed by atoms with van der Waals surface area (Å²) in [6.45, 7) is 22.7. The van der Waals surface area contributed by atoms with E-state index in [1.165, 1.54) is 71.1 Å². The molecule has 15 bridgehead atoms. The molecule has 5 aromatic carbocycles. The van der Waals surface area contributed by atoms with Crippen molar-refractivity contribution in [2.75, 3.05) is 13.7 Å². The summed E-state index contributed by atoms with van der Waals surface area (Å²) in [6.07, 6.45) is -23.9. The first-order valence-corrected chi connectivity index (χ1v) is 47.6. The lowest BCUT2D eigenvalue weighted by Crippen LogP contribution is -2.66. The van der Waals surface area contributed by atoms with Crippen LogP contribution in [0.2, 0.25) is 5.02 Å². The number of aliphatic hydroxyl groups is 6. The number of rotatable bonds is 18. The molecule has 17 rings (SSSR count). The molecule has 8 aliphatic heterocycles. The third-order valence-electron chi connectivity index (χ3n) is 26.9. The molecule has 0 aromatic heterocycles. The molecule has 13 unspecified atom stereocenters. The number of ether oxygens (including phenoxy) is 11. The summed E-state index contributed by atoms with van der Waals surface area (Å²) in [6, 6.07) is 0.748. The van der Waals surface area contributed by atoms with E-state index in [4.69, 9.17) is 69.4 Å². The topological polar surface area (TPSA) is 609 Å². The van der Waals surface area contributed by atoms with Crippen LogP contribution in [0.25, 0.3) is 11.1 Å². The van der Waals surface area contributed by atoms with Gasteiger partial charge in [-0.2, -0.15) is 0 Å². The first kappa shape index (κ1) is 105. The molecule has 42 nitrogen and oxygen atoms in total. The number of hydrogen-bond acceptors (Lipinski definition) is 31. The molecule has 12 aliphatic rings. The Hall–Kier alpha value is -11.7. The second-order valence-corrected chi connectivity index (χ2v) is 42.5. The first-order valence-electron chi connectivity index (χ1n) is 47.2. The largest absolute Gasteiger partial charge is 0.508 e. The zero-order valence-electron chi connectivity index (χ0n) is 81.1. The number of phenolic OH excluding ortho intramolecular Hbond substituents is 3. The summed E-state index contributed by atoms with van der Waals surface area (Å²) in [5.41, 5.74) is -2.92. The average molecular weight is 1990 g/mol.